The molecule has 6 nitrogen and oxygen atoms in total. The second-order valence-electron chi connectivity index (χ2n) is 3.72. The molecule has 0 fully saturated rings. The van der Waals surface area contributed by atoms with Gasteiger partial charge in [0, 0.05) is 0 Å². The zero-order valence-electron chi connectivity index (χ0n) is 11.7. The standard InChI is InChI=1S/C7H14O6S.C5H10/c1-2-3-4-5-13-6(8)7(9)14(10,11)12;1-3-5-4-2/h7,9H,2-5H2,1H3,(H,10,11,12);3,5H,4H2,1-2H3. The molecule has 2 N–H and O–H groups in total. The van der Waals surface area contributed by atoms with E-state index in [1.165, 1.54) is 0 Å². The highest BCUT2D eigenvalue weighted by molar-refractivity contribution is 7.87. The molecule has 1 unspecified atom stereocenters. The van der Waals surface area contributed by atoms with Crippen LogP contribution in [0.5, 0.6) is 0 Å². The molecule has 0 saturated carbocycles. The van der Waals surface area contributed by atoms with Gasteiger partial charge in [-0.1, -0.05) is 38.8 Å². The van der Waals surface area contributed by atoms with Gasteiger partial charge in [0.2, 0.25) is 0 Å². The molecule has 0 aliphatic rings. The fourth-order valence-corrected chi connectivity index (χ4v) is 1.26. The zero-order chi connectivity index (χ0) is 15.3. The van der Waals surface area contributed by atoms with E-state index in [0.29, 0.717) is 6.42 Å². The van der Waals surface area contributed by atoms with E-state index >= 15 is 0 Å². The van der Waals surface area contributed by atoms with Crippen LogP contribution in [0.2, 0.25) is 0 Å². The summed E-state index contributed by atoms with van der Waals surface area (Å²) in [5.41, 5.74) is -2.50. The molecule has 114 valence electrons. The lowest BCUT2D eigenvalue weighted by molar-refractivity contribution is -0.149. The number of carbonyl (C=O) groups is 1. The van der Waals surface area contributed by atoms with Crippen LogP contribution in [-0.2, 0) is 19.6 Å². The number of allylic oxidation sites excluding steroid dienone is 2. The van der Waals surface area contributed by atoms with Crippen LogP contribution >= 0.6 is 0 Å². The van der Waals surface area contributed by atoms with Crippen molar-refractivity contribution in [2.75, 3.05) is 6.61 Å². The first-order chi connectivity index (χ1) is 8.81. The first kappa shape index (κ1) is 20.4. The van der Waals surface area contributed by atoms with Crippen molar-refractivity contribution < 1.29 is 27.6 Å². The van der Waals surface area contributed by atoms with Crippen LogP contribution < -0.4 is 0 Å². The van der Waals surface area contributed by atoms with Gasteiger partial charge in [0.1, 0.15) is 0 Å². The number of hydrogen-bond acceptors (Lipinski definition) is 5. The molecule has 0 aromatic carbocycles. The van der Waals surface area contributed by atoms with E-state index in [9.17, 15) is 13.2 Å². The van der Waals surface area contributed by atoms with Crippen molar-refractivity contribution in [2.45, 2.75) is 51.9 Å². The van der Waals surface area contributed by atoms with Gasteiger partial charge >= 0.3 is 16.1 Å². The van der Waals surface area contributed by atoms with Crippen molar-refractivity contribution in [3.05, 3.63) is 12.2 Å². The van der Waals surface area contributed by atoms with Gasteiger partial charge in [0.05, 0.1) is 6.61 Å². The normalized spacial score (nSPS) is 12.7. The van der Waals surface area contributed by atoms with Crippen molar-refractivity contribution in [1.29, 1.82) is 0 Å². The number of carbonyl (C=O) groups excluding carboxylic acids is 1. The highest BCUT2D eigenvalue weighted by atomic mass is 32.2. The summed E-state index contributed by atoms with van der Waals surface area (Å²) in [6.45, 7) is 6.15. The van der Waals surface area contributed by atoms with Gasteiger partial charge in [0.15, 0.2) is 0 Å². The molecule has 0 rings (SSSR count). The second-order valence-corrected chi connectivity index (χ2v) is 5.20. The first-order valence-corrected chi connectivity index (χ1v) is 7.73. The average molecular weight is 296 g/mol. The van der Waals surface area contributed by atoms with Crippen LogP contribution in [0.4, 0.5) is 0 Å². The molecule has 0 radical (unpaired) electrons. The molecule has 0 saturated heterocycles. The topological polar surface area (TPSA) is 101 Å². The fraction of sp³-hybridized carbons (Fsp3) is 0.750. The van der Waals surface area contributed by atoms with Gasteiger partial charge in [-0.05, 0) is 19.8 Å². The summed E-state index contributed by atoms with van der Waals surface area (Å²) >= 11 is 0. The summed E-state index contributed by atoms with van der Waals surface area (Å²) in [5.74, 6) is -1.34. The predicted molar refractivity (Wildman–Crippen MR) is 73.1 cm³/mol. The minimum absolute atomic E-state index is 0.0409. The summed E-state index contributed by atoms with van der Waals surface area (Å²) in [6, 6.07) is 0. The third-order valence-corrected chi connectivity index (χ3v) is 2.70. The predicted octanol–water partition coefficient (Wildman–Crippen LogP) is 1.90. The van der Waals surface area contributed by atoms with Crippen LogP contribution in [0, 0.1) is 0 Å². The van der Waals surface area contributed by atoms with E-state index in [-0.39, 0.29) is 6.61 Å². The molecule has 0 aliphatic carbocycles. The molecule has 0 spiro atoms. The maximum absolute atomic E-state index is 10.7. The number of hydrogen-bond donors (Lipinski definition) is 2. The Hall–Kier alpha value is -0.920. The highest BCUT2D eigenvalue weighted by Crippen LogP contribution is 2.00. The van der Waals surface area contributed by atoms with Crippen molar-refractivity contribution in [3.8, 4) is 0 Å². The summed E-state index contributed by atoms with van der Waals surface area (Å²) in [4.78, 5) is 10.7. The average Bonchev–Trinajstić information content (AvgIpc) is 2.34. The van der Waals surface area contributed by atoms with Gasteiger partial charge in [0.25, 0.3) is 5.44 Å². The van der Waals surface area contributed by atoms with Crippen molar-refractivity contribution in [1.82, 2.24) is 0 Å². The number of aliphatic hydroxyl groups is 1. The lowest BCUT2D eigenvalue weighted by Gasteiger charge is -2.07. The van der Waals surface area contributed by atoms with E-state index < -0.39 is 21.5 Å². The molecule has 0 heterocycles. The Morgan fingerprint density at radius 3 is 2.21 bits per heavy atom. The highest BCUT2D eigenvalue weighted by Gasteiger charge is 2.29. The second kappa shape index (κ2) is 12.1. The van der Waals surface area contributed by atoms with Gasteiger partial charge in [-0.3, -0.25) is 4.55 Å². The van der Waals surface area contributed by atoms with Crippen LogP contribution in [-0.4, -0.2) is 36.1 Å². The molecule has 0 amide bonds. The smallest absolute Gasteiger partial charge is 0.353 e. The van der Waals surface area contributed by atoms with Gasteiger partial charge in [-0.15, -0.1) is 0 Å². The molecule has 7 heteroatoms. The lowest BCUT2D eigenvalue weighted by Crippen LogP contribution is -2.31. The quantitative estimate of drug-likeness (QED) is 0.322. The van der Waals surface area contributed by atoms with Crippen molar-refractivity contribution >= 4 is 16.1 Å². The molecule has 19 heavy (non-hydrogen) atoms. The summed E-state index contributed by atoms with van der Waals surface area (Å²) in [6.07, 6.45) is 7.71. The Labute approximate surface area is 115 Å². The summed E-state index contributed by atoms with van der Waals surface area (Å²) < 4.78 is 33.2. The number of rotatable bonds is 7. The third-order valence-electron chi connectivity index (χ3n) is 1.95. The summed E-state index contributed by atoms with van der Waals surface area (Å²) in [5, 5.41) is 8.70. The van der Waals surface area contributed by atoms with Crippen molar-refractivity contribution in [2.24, 2.45) is 0 Å². The SMILES string of the molecule is CC=CCC.CCCCCOC(=O)C(O)S(=O)(=O)O. The molecule has 0 aliphatic heterocycles. The zero-order valence-corrected chi connectivity index (χ0v) is 12.5. The van der Waals surface area contributed by atoms with Gasteiger partial charge in [-0.2, -0.15) is 8.42 Å². The molecular weight excluding hydrogens is 272 g/mol. The lowest BCUT2D eigenvalue weighted by atomic mass is 10.3. The molecule has 0 aromatic heterocycles. The fourth-order valence-electron chi connectivity index (χ4n) is 0.953. The van der Waals surface area contributed by atoms with Gasteiger partial charge < -0.3 is 9.84 Å². The first-order valence-electron chi connectivity index (χ1n) is 6.23. The minimum atomic E-state index is -4.76. The maximum Gasteiger partial charge on any atom is 0.353 e. The van der Waals surface area contributed by atoms with Crippen molar-refractivity contribution in [3.63, 3.8) is 0 Å². The minimum Gasteiger partial charge on any atom is -0.463 e. The monoisotopic (exact) mass is 296 g/mol. The maximum atomic E-state index is 10.7. The molecular formula is C12H24O6S. The van der Waals surface area contributed by atoms with E-state index in [2.05, 4.69) is 23.8 Å². The van der Waals surface area contributed by atoms with Gasteiger partial charge in [-0.25, -0.2) is 4.79 Å². The van der Waals surface area contributed by atoms with E-state index in [0.717, 1.165) is 19.3 Å². The Bertz CT molecular complexity index is 347. The Morgan fingerprint density at radius 2 is 1.89 bits per heavy atom. The number of ether oxygens (including phenoxy) is 1. The van der Waals surface area contributed by atoms with Crippen LogP contribution in [0.25, 0.3) is 0 Å². The number of aliphatic hydroxyl groups excluding tert-OH is 1. The third kappa shape index (κ3) is 13.3. The molecule has 0 bridgehead atoms. The Kier molecular flexibility index (Phi) is 13.0. The largest absolute Gasteiger partial charge is 0.463 e. The van der Waals surface area contributed by atoms with Crippen LogP contribution in [0.3, 0.4) is 0 Å². The Morgan fingerprint density at radius 1 is 1.32 bits per heavy atom. The van der Waals surface area contributed by atoms with Crippen LogP contribution in [0.15, 0.2) is 12.2 Å². The van der Waals surface area contributed by atoms with Crippen LogP contribution in [0.1, 0.15) is 46.5 Å². The number of unbranched alkanes of at least 4 members (excludes halogenated alkanes) is 2. The summed E-state index contributed by atoms with van der Waals surface area (Å²) in [7, 11) is -4.76. The van der Waals surface area contributed by atoms with E-state index in [1.54, 1.807) is 0 Å². The molecule has 0 aromatic rings. The van der Waals surface area contributed by atoms with E-state index in [1.807, 2.05) is 13.8 Å². The number of esters is 1. The Balaban J connectivity index is 0. The molecule has 1 atom stereocenters. The van der Waals surface area contributed by atoms with E-state index in [4.69, 9.17) is 9.66 Å².